The van der Waals surface area contributed by atoms with E-state index in [1.807, 2.05) is 24.3 Å². The van der Waals surface area contributed by atoms with E-state index in [1.165, 1.54) is 55.2 Å². The lowest BCUT2D eigenvalue weighted by atomic mass is 9.83. The number of benzene rings is 10. The maximum Gasteiger partial charge on any atom is 0.164 e. The summed E-state index contributed by atoms with van der Waals surface area (Å²) in [5.41, 5.74) is 17.3. The highest BCUT2D eigenvalue weighted by molar-refractivity contribution is 6.14. The molecule has 3 heterocycles. The molecule has 346 valence electrons. The van der Waals surface area contributed by atoms with Crippen LogP contribution in [0.15, 0.2) is 253 Å². The van der Waals surface area contributed by atoms with Crippen LogP contribution in [0.2, 0.25) is 0 Å². The molecule has 15 rings (SSSR count). The van der Waals surface area contributed by atoms with E-state index >= 15 is 0 Å². The van der Waals surface area contributed by atoms with Crippen LogP contribution in [0.4, 0.5) is 0 Å². The van der Waals surface area contributed by atoms with Gasteiger partial charge in [-0.2, -0.15) is 0 Å². The van der Waals surface area contributed by atoms with Crippen molar-refractivity contribution in [1.29, 1.82) is 0 Å². The van der Waals surface area contributed by atoms with E-state index in [0.29, 0.717) is 23.4 Å². The Bertz CT molecular complexity index is 4500. The molecule has 10 aromatic carbocycles. The molecular weight excluding hydrogens is 901 g/mol. The van der Waals surface area contributed by atoms with Crippen LogP contribution in [0.5, 0.6) is 0 Å². The number of nitrogens with zero attached hydrogens (tertiary/aromatic N) is 4. The first-order chi connectivity index (χ1) is 36.6. The van der Waals surface area contributed by atoms with Gasteiger partial charge in [-0.1, -0.05) is 200 Å². The normalized spacial score (nSPS) is 14.0. The number of fused-ring (bicyclic) bond motifs is 9. The molecule has 0 amide bonds. The summed E-state index contributed by atoms with van der Waals surface area (Å²) in [7, 11) is 0. The van der Waals surface area contributed by atoms with Crippen LogP contribution in [0.1, 0.15) is 11.3 Å². The number of allylic oxidation sites excluding steroid dienone is 5. The van der Waals surface area contributed by atoms with Gasteiger partial charge in [-0.15, -0.1) is 0 Å². The Morgan fingerprint density at radius 2 is 1.04 bits per heavy atom. The van der Waals surface area contributed by atoms with Gasteiger partial charge in [0.25, 0.3) is 0 Å². The van der Waals surface area contributed by atoms with Gasteiger partial charge in [0.05, 0.1) is 16.9 Å². The molecule has 0 saturated heterocycles. The highest BCUT2D eigenvalue weighted by Crippen LogP contribution is 2.46. The lowest BCUT2D eigenvalue weighted by Crippen LogP contribution is -2.12. The Balaban J connectivity index is 0.973. The van der Waals surface area contributed by atoms with Crippen LogP contribution in [0, 0.1) is 5.92 Å². The molecule has 5 heteroatoms. The zero-order chi connectivity index (χ0) is 48.7. The average Bonchev–Trinajstić information content (AvgIpc) is 4.02. The molecule has 0 bridgehead atoms. The number of aromatic nitrogens is 4. The van der Waals surface area contributed by atoms with Crippen LogP contribution in [-0.4, -0.2) is 19.5 Å². The van der Waals surface area contributed by atoms with E-state index in [9.17, 15) is 0 Å². The molecular formula is C69H44N4O. The molecule has 0 saturated carbocycles. The Labute approximate surface area is 427 Å². The van der Waals surface area contributed by atoms with E-state index in [-0.39, 0.29) is 0 Å². The summed E-state index contributed by atoms with van der Waals surface area (Å²) in [5, 5.41) is 7.94. The summed E-state index contributed by atoms with van der Waals surface area (Å²) in [6.07, 6.45) is 12.3. The third-order valence-electron chi connectivity index (χ3n) is 15.1. The Hall–Kier alpha value is -9.71. The maximum atomic E-state index is 7.04. The molecule has 13 aromatic rings. The lowest BCUT2D eigenvalue weighted by molar-refractivity contribution is 0.668. The Kier molecular flexibility index (Phi) is 9.64. The van der Waals surface area contributed by atoms with Crippen molar-refractivity contribution in [2.45, 2.75) is 6.42 Å². The van der Waals surface area contributed by atoms with Gasteiger partial charge in [0.1, 0.15) is 11.2 Å². The molecule has 3 aromatic heterocycles. The first-order valence-electron chi connectivity index (χ1n) is 25.3. The van der Waals surface area contributed by atoms with E-state index in [0.717, 1.165) is 78.2 Å². The molecule has 0 radical (unpaired) electrons. The van der Waals surface area contributed by atoms with Crippen molar-refractivity contribution < 1.29 is 4.42 Å². The zero-order valence-corrected chi connectivity index (χ0v) is 40.2. The first-order valence-corrected chi connectivity index (χ1v) is 25.3. The molecule has 0 spiro atoms. The minimum atomic E-state index is 0.321. The van der Waals surface area contributed by atoms with Crippen LogP contribution >= 0.6 is 0 Å². The van der Waals surface area contributed by atoms with Gasteiger partial charge in [0.15, 0.2) is 17.5 Å². The fourth-order valence-electron chi connectivity index (χ4n) is 11.5. The van der Waals surface area contributed by atoms with Crippen molar-refractivity contribution in [3.05, 3.63) is 260 Å². The fraction of sp³-hybridized carbons (Fsp3) is 0.0290. The summed E-state index contributed by atoms with van der Waals surface area (Å²) in [5.74, 6) is 2.12. The third kappa shape index (κ3) is 7.04. The molecule has 1 unspecified atom stereocenters. The topological polar surface area (TPSA) is 56.7 Å². The molecule has 2 aliphatic rings. The number of rotatable bonds is 7. The van der Waals surface area contributed by atoms with Gasteiger partial charge < -0.3 is 8.98 Å². The summed E-state index contributed by atoms with van der Waals surface area (Å²) in [6.45, 7) is 0. The smallest absolute Gasteiger partial charge is 0.164 e. The van der Waals surface area contributed by atoms with E-state index < -0.39 is 0 Å². The summed E-state index contributed by atoms with van der Waals surface area (Å²) in [4.78, 5) is 15.7. The van der Waals surface area contributed by atoms with Gasteiger partial charge in [-0.05, 0) is 109 Å². The highest BCUT2D eigenvalue weighted by Gasteiger charge is 2.29. The van der Waals surface area contributed by atoms with E-state index in [4.69, 9.17) is 19.4 Å². The minimum absolute atomic E-state index is 0.321. The minimum Gasteiger partial charge on any atom is -0.456 e. The summed E-state index contributed by atoms with van der Waals surface area (Å²) in [6, 6.07) is 77.8. The quantitative estimate of drug-likeness (QED) is 0.160. The second kappa shape index (κ2) is 17.0. The Morgan fingerprint density at radius 1 is 0.419 bits per heavy atom. The fourth-order valence-corrected chi connectivity index (χ4v) is 11.5. The largest absolute Gasteiger partial charge is 0.456 e. The molecule has 1 atom stereocenters. The molecule has 0 fully saturated rings. The van der Waals surface area contributed by atoms with Crippen LogP contribution in [0.25, 0.3) is 134 Å². The second-order valence-electron chi connectivity index (χ2n) is 19.5. The third-order valence-corrected chi connectivity index (χ3v) is 15.1. The number of hydrogen-bond acceptors (Lipinski definition) is 4. The standard InChI is InChI=1S/C69H44N4O/c1-3-15-43(16-4-1)49-25-13-26-50(35-49)45-29-32-46(33-30-45)57-41-60-65(42-63(57)73-61-39-53-23-11-9-21-51(53)37-58(61)59-38-52-22-10-12-24-54(52)40-62(59)73)74-64-28-14-27-56(66(60)64)69-71-67(47-18-5-2-6-19-47)70-68(72-69)55-34-31-44-17-7-8-20-48(44)36-55/h1-37,39-42,52H,38H2. The van der Waals surface area contributed by atoms with Gasteiger partial charge in [-0.25, -0.2) is 15.0 Å². The summed E-state index contributed by atoms with van der Waals surface area (Å²) >= 11 is 0. The predicted molar refractivity (Wildman–Crippen MR) is 305 cm³/mol. The maximum absolute atomic E-state index is 7.04. The average molecular weight is 945 g/mol. The first kappa shape index (κ1) is 42.0. The van der Waals surface area contributed by atoms with Crippen molar-refractivity contribution in [2.24, 2.45) is 5.92 Å². The molecule has 0 aliphatic heterocycles. The van der Waals surface area contributed by atoms with Gasteiger partial charge in [0.2, 0.25) is 0 Å². The number of furan rings is 1. The SMILES string of the molecule is C1=CC2=Cc3c(c4cc5ccccc5cc4n3-c3cc4oc5cccc(-c6nc(-c7ccccc7)nc(-c7ccc8ccccc8c7)n6)c5c4cc3-c3ccc(-c4cccc(-c5ccccc5)c4)cc3)CC2C=C1. The number of hydrogen-bond donors (Lipinski definition) is 0. The van der Waals surface area contributed by atoms with Crippen LogP contribution < -0.4 is 0 Å². The van der Waals surface area contributed by atoms with Gasteiger partial charge in [-0.3, -0.25) is 0 Å². The lowest BCUT2D eigenvalue weighted by Gasteiger charge is -2.24. The van der Waals surface area contributed by atoms with Gasteiger partial charge in [0, 0.05) is 50.4 Å². The van der Waals surface area contributed by atoms with E-state index in [1.54, 1.807) is 0 Å². The Morgan fingerprint density at radius 3 is 1.82 bits per heavy atom. The summed E-state index contributed by atoms with van der Waals surface area (Å²) < 4.78 is 9.54. The van der Waals surface area contributed by atoms with Crippen molar-refractivity contribution in [3.63, 3.8) is 0 Å². The van der Waals surface area contributed by atoms with E-state index in [2.05, 4.69) is 229 Å². The van der Waals surface area contributed by atoms with Crippen molar-refractivity contribution >= 4 is 60.5 Å². The second-order valence-corrected chi connectivity index (χ2v) is 19.5. The monoisotopic (exact) mass is 944 g/mol. The van der Waals surface area contributed by atoms with Crippen LogP contribution in [-0.2, 0) is 6.42 Å². The predicted octanol–water partition coefficient (Wildman–Crippen LogP) is 17.7. The molecule has 74 heavy (non-hydrogen) atoms. The van der Waals surface area contributed by atoms with Crippen molar-refractivity contribution in [2.75, 3.05) is 0 Å². The zero-order valence-electron chi connectivity index (χ0n) is 40.2. The van der Waals surface area contributed by atoms with Crippen molar-refractivity contribution in [1.82, 2.24) is 19.5 Å². The van der Waals surface area contributed by atoms with Gasteiger partial charge >= 0.3 is 0 Å². The molecule has 5 nitrogen and oxygen atoms in total. The van der Waals surface area contributed by atoms with Crippen LogP contribution in [0.3, 0.4) is 0 Å². The van der Waals surface area contributed by atoms with Crippen molar-refractivity contribution in [3.8, 4) is 73.2 Å². The molecule has 2 aliphatic carbocycles. The highest BCUT2D eigenvalue weighted by atomic mass is 16.3. The molecule has 0 N–H and O–H groups in total.